The smallest absolute Gasteiger partial charge is 0.254 e. The van der Waals surface area contributed by atoms with E-state index in [2.05, 4.69) is 10.4 Å². The number of amides is 2. The third kappa shape index (κ3) is 4.29. The van der Waals surface area contributed by atoms with Gasteiger partial charge >= 0.3 is 0 Å². The van der Waals surface area contributed by atoms with Gasteiger partial charge in [-0.05, 0) is 24.3 Å². The van der Waals surface area contributed by atoms with E-state index >= 15 is 0 Å². The van der Waals surface area contributed by atoms with Crippen molar-refractivity contribution in [3.63, 3.8) is 0 Å². The van der Waals surface area contributed by atoms with Crippen LogP contribution in [0.1, 0.15) is 34.8 Å². The molecule has 1 aromatic heterocycles. The van der Waals surface area contributed by atoms with Gasteiger partial charge in [-0.15, -0.1) is 0 Å². The van der Waals surface area contributed by atoms with Gasteiger partial charge in [0.1, 0.15) is 6.04 Å². The van der Waals surface area contributed by atoms with Crippen LogP contribution in [0.5, 0.6) is 0 Å². The Hall–Kier alpha value is -2.67. The molecular formula is C19H25N5O2. The number of benzene rings is 1. The van der Waals surface area contributed by atoms with Crippen LogP contribution >= 0.6 is 0 Å². The van der Waals surface area contributed by atoms with E-state index in [-0.39, 0.29) is 11.8 Å². The second kappa shape index (κ2) is 8.14. The molecule has 2 amide bonds. The first-order valence-corrected chi connectivity index (χ1v) is 8.90. The van der Waals surface area contributed by atoms with Crippen molar-refractivity contribution in [3.05, 3.63) is 53.9 Å². The third-order valence-electron chi connectivity index (χ3n) is 4.87. The van der Waals surface area contributed by atoms with Gasteiger partial charge in [-0.3, -0.25) is 14.3 Å². The van der Waals surface area contributed by atoms with Crippen LogP contribution in [0.3, 0.4) is 0 Å². The fraction of sp³-hybridized carbons (Fsp3) is 0.421. The highest BCUT2D eigenvalue weighted by atomic mass is 16.2. The van der Waals surface area contributed by atoms with Gasteiger partial charge in [0.05, 0.1) is 11.8 Å². The van der Waals surface area contributed by atoms with E-state index in [1.54, 1.807) is 24.1 Å². The molecular weight excluding hydrogens is 330 g/mol. The maximum atomic E-state index is 12.6. The second-order valence-electron chi connectivity index (χ2n) is 6.77. The quantitative estimate of drug-likeness (QED) is 0.839. The summed E-state index contributed by atoms with van der Waals surface area (Å²) in [5, 5.41) is 6.96. The summed E-state index contributed by atoms with van der Waals surface area (Å²) in [4.78, 5) is 26.5. The summed E-state index contributed by atoms with van der Waals surface area (Å²) < 4.78 is 1.61. The lowest BCUT2D eigenvalue weighted by molar-refractivity contribution is -0.134. The van der Waals surface area contributed by atoms with E-state index in [1.807, 2.05) is 35.2 Å². The topological polar surface area (TPSA) is 93.2 Å². The molecule has 2 aromatic rings. The maximum absolute atomic E-state index is 12.6. The number of piperidine rings is 1. The van der Waals surface area contributed by atoms with Crippen LogP contribution in [-0.4, -0.2) is 46.1 Å². The summed E-state index contributed by atoms with van der Waals surface area (Å²) in [6.07, 6.45) is 4.98. The zero-order chi connectivity index (χ0) is 18.5. The van der Waals surface area contributed by atoms with Crippen molar-refractivity contribution in [2.75, 3.05) is 19.6 Å². The minimum Gasteiger partial charge on any atom is -0.352 e. The zero-order valence-electron chi connectivity index (χ0n) is 15.0. The lowest BCUT2D eigenvalue weighted by atomic mass is 9.95. The van der Waals surface area contributed by atoms with E-state index < -0.39 is 6.04 Å². The average molecular weight is 355 g/mol. The Morgan fingerprint density at radius 3 is 2.58 bits per heavy atom. The second-order valence-corrected chi connectivity index (χ2v) is 6.77. The van der Waals surface area contributed by atoms with Crippen LogP contribution in [-0.2, 0) is 11.8 Å². The van der Waals surface area contributed by atoms with Gasteiger partial charge in [-0.1, -0.05) is 30.3 Å². The molecule has 26 heavy (non-hydrogen) atoms. The molecule has 7 nitrogen and oxygen atoms in total. The third-order valence-corrected chi connectivity index (χ3v) is 4.87. The predicted molar refractivity (Wildman–Crippen MR) is 98.2 cm³/mol. The summed E-state index contributed by atoms with van der Waals surface area (Å²) in [7, 11) is 1.78. The maximum Gasteiger partial charge on any atom is 0.254 e. The van der Waals surface area contributed by atoms with Gasteiger partial charge in [0.15, 0.2) is 0 Å². The molecule has 138 valence electrons. The number of nitrogens with one attached hydrogen (secondary N) is 1. The molecule has 1 aliphatic heterocycles. The number of likely N-dealkylation sites (tertiary alicyclic amines) is 1. The van der Waals surface area contributed by atoms with Crippen molar-refractivity contribution in [2.45, 2.75) is 18.9 Å². The first-order chi connectivity index (χ1) is 12.5. The van der Waals surface area contributed by atoms with Crippen LogP contribution in [0.4, 0.5) is 0 Å². The number of aryl methyl sites for hydroxylation is 1. The minimum atomic E-state index is -0.613. The molecule has 3 N–H and O–H groups in total. The predicted octanol–water partition coefficient (Wildman–Crippen LogP) is 1.09. The Kier molecular flexibility index (Phi) is 5.68. The van der Waals surface area contributed by atoms with Crippen LogP contribution in [0, 0.1) is 5.92 Å². The number of hydrogen-bond donors (Lipinski definition) is 2. The fourth-order valence-corrected chi connectivity index (χ4v) is 3.23. The lowest BCUT2D eigenvalue weighted by Crippen LogP contribution is -2.45. The molecule has 7 heteroatoms. The van der Waals surface area contributed by atoms with E-state index in [0.717, 1.165) is 18.4 Å². The SMILES string of the molecule is Cn1cc(C(=O)NCC2CCN(C(=O)C(N)c3ccccc3)CC2)cn1. The van der Waals surface area contributed by atoms with Crippen molar-refractivity contribution in [1.29, 1.82) is 0 Å². The molecule has 0 aliphatic carbocycles. The number of nitrogens with zero attached hydrogens (tertiary/aromatic N) is 3. The molecule has 0 saturated carbocycles. The highest BCUT2D eigenvalue weighted by Crippen LogP contribution is 2.20. The van der Waals surface area contributed by atoms with Crippen molar-refractivity contribution in [2.24, 2.45) is 18.7 Å². The van der Waals surface area contributed by atoms with Crippen molar-refractivity contribution >= 4 is 11.8 Å². The first kappa shape index (κ1) is 18.1. The summed E-state index contributed by atoms with van der Waals surface area (Å²) in [5.41, 5.74) is 7.51. The fourth-order valence-electron chi connectivity index (χ4n) is 3.23. The summed E-state index contributed by atoms with van der Waals surface area (Å²) in [6, 6.07) is 8.83. The zero-order valence-corrected chi connectivity index (χ0v) is 15.0. The highest BCUT2D eigenvalue weighted by Gasteiger charge is 2.27. The van der Waals surface area contributed by atoms with Gasteiger partial charge in [0, 0.05) is 32.9 Å². The lowest BCUT2D eigenvalue weighted by Gasteiger charge is -2.33. The van der Waals surface area contributed by atoms with Crippen molar-refractivity contribution in [3.8, 4) is 0 Å². The molecule has 1 fully saturated rings. The molecule has 0 bridgehead atoms. The van der Waals surface area contributed by atoms with Gasteiger partial charge in [-0.25, -0.2) is 0 Å². The normalized spacial score (nSPS) is 16.3. The number of carbonyl (C=O) groups excluding carboxylic acids is 2. The van der Waals surface area contributed by atoms with Crippen LogP contribution < -0.4 is 11.1 Å². The minimum absolute atomic E-state index is 0.0333. The van der Waals surface area contributed by atoms with Gasteiger partial charge in [-0.2, -0.15) is 5.10 Å². The van der Waals surface area contributed by atoms with Gasteiger partial charge in [0.25, 0.3) is 5.91 Å². The Morgan fingerprint density at radius 1 is 1.27 bits per heavy atom. The number of hydrogen-bond acceptors (Lipinski definition) is 4. The first-order valence-electron chi connectivity index (χ1n) is 8.90. The number of aromatic nitrogens is 2. The van der Waals surface area contributed by atoms with Crippen molar-refractivity contribution < 1.29 is 9.59 Å². The van der Waals surface area contributed by atoms with Crippen molar-refractivity contribution in [1.82, 2.24) is 20.0 Å². The molecule has 1 unspecified atom stereocenters. The summed E-state index contributed by atoms with van der Waals surface area (Å²) >= 11 is 0. The molecule has 1 saturated heterocycles. The molecule has 2 heterocycles. The van der Waals surface area contributed by atoms with E-state index in [0.29, 0.717) is 31.1 Å². The average Bonchev–Trinajstić information content (AvgIpc) is 3.12. The molecule has 1 atom stereocenters. The van der Waals surface area contributed by atoms with Crippen LogP contribution in [0.15, 0.2) is 42.7 Å². The summed E-state index contributed by atoms with van der Waals surface area (Å²) in [5.74, 6) is 0.226. The monoisotopic (exact) mass is 355 g/mol. The number of rotatable bonds is 5. The Morgan fingerprint density at radius 2 is 1.96 bits per heavy atom. The van der Waals surface area contributed by atoms with E-state index in [4.69, 9.17) is 5.73 Å². The Balaban J connectivity index is 1.45. The molecule has 1 aliphatic rings. The molecule has 3 rings (SSSR count). The van der Waals surface area contributed by atoms with E-state index in [9.17, 15) is 9.59 Å². The van der Waals surface area contributed by atoms with Gasteiger partial charge in [0.2, 0.25) is 5.91 Å². The van der Waals surface area contributed by atoms with Gasteiger partial charge < -0.3 is 16.0 Å². The largest absolute Gasteiger partial charge is 0.352 e. The summed E-state index contributed by atoms with van der Waals surface area (Å²) in [6.45, 7) is 1.96. The highest BCUT2D eigenvalue weighted by molar-refractivity contribution is 5.93. The van der Waals surface area contributed by atoms with Crippen LogP contribution in [0.2, 0.25) is 0 Å². The standard InChI is InChI=1S/C19H25N5O2/c1-23-13-16(12-22-23)18(25)21-11-14-7-9-24(10-8-14)19(26)17(20)15-5-3-2-4-6-15/h2-6,12-14,17H,7-11,20H2,1H3,(H,21,25). The molecule has 0 spiro atoms. The van der Waals surface area contributed by atoms with Crippen LogP contribution in [0.25, 0.3) is 0 Å². The molecule has 0 radical (unpaired) electrons. The van der Waals surface area contributed by atoms with E-state index in [1.165, 1.54) is 0 Å². The Bertz CT molecular complexity index is 750. The number of carbonyl (C=O) groups is 2. The number of nitrogens with two attached hydrogens (primary N) is 1. The Labute approximate surface area is 153 Å². The molecule has 1 aromatic carbocycles.